The van der Waals surface area contributed by atoms with Gasteiger partial charge in [0.05, 0.1) is 0 Å². The predicted octanol–water partition coefficient (Wildman–Crippen LogP) is 4.12. The zero-order valence-corrected chi connectivity index (χ0v) is 11.3. The van der Waals surface area contributed by atoms with E-state index in [1.807, 2.05) is 6.92 Å². The molecule has 0 bridgehead atoms. The highest BCUT2D eigenvalue weighted by molar-refractivity contribution is 9.09. The van der Waals surface area contributed by atoms with Gasteiger partial charge in [0.1, 0.15) is 5.75 Å². The number of ketones is 1. The number of hydrogen-bond acceptors (Lipinski definition) is 2. The average molecular weight is 325 g/mol. The molecular weight excluding hydrogens is 313 g/mol. The van der Waals surface area contributed by atoms with Crippen LogP contribution in [0.4, 0.5) is 13.2 Å². The van der Waals surface area contributed by atoms with Crippen molar-refractivity contribution >= 4 is 21.7 Å². The van der Waals surface area contributed by atoms with Crippen molar-refractivity contribution in [2.45, 2.75) is 26.1 Å². The lowest BCUT2D eigenvalue weighted by atomic mass is 10.00. The lowest BCUT2D eigenvalue weighted by Gasteiger charge is -2.12. The number of aryl methyl sites for hydroxylation is 1. The predicted molar refractivity (Wildman–Crippen MR) is 65.2 cm³/mol. The molecule has 6 heteroatoms. The monoisotopic (exact) mass is 324 g/mol. The summed E-state index contributed by atoms with van der Waals surface area (Å²) in [5.74, 6) is -0.561. The summed E-state index contributed by atoms with van der Waals surface area (Å²) in [6.07, 6.45) is -3.93. The minimum atomic E-state index is -4.75. The van der Waals surface area contributed by atoms with Gasteiger partial charge in [-0.2, -0.15) is 0 Å². The fourth-order valence-electron chi connectivity index (χ4n) is 1.54. The first-order valence-corrected chi connectivity index (χ1v) is 6.47. The van der Waals surface area contributed by atoms with Crippen LogP contribution in [0.2, 0.25) is 0 Å². The smallest absolute Gasteiger partial charge is 0.406 e. The van der Waals surface area contributed by atoms with E-state index >= 15 is 0 Å². The molecule has 0 atom stereocenters. The molecule has 0 fully saturated rings. The average Bonchev–Trinajstić information content (AvgIpc) is 2.27. The topological polar surface area (TPSA) is 26.3 Å². The van der Waals surface area contributed by atoms with Gasteiger partial charge in [-0.15, -0.1) is 13.2 Å². The third-order valence-corrected chi connectivity index (χ3v) is 2.71. The summed E-state index contributed by atoms with van der Waals surface area (Å²) in [6.45, 7) is 1.84. The SMILES string of the molecule is CCc1ccc(OC(F)(F)F)cc1C(=O)CCBr. The van der Waals surface area contributed by atoms with Crippen LogP contribution in [0.5, 0.6) is 5.75 Å². The fourth-order valence-corrected chi connectivity index (χ4v) is 1.90. The summed E-state index contributed by atoms with van der Waals surface area (Å²) in [7, 11) is 0. The molecular formula is C12H12BrF3O2. The molecule has 0 heterocycles. The van der Waals surface area contributed by atoms with Crippen LogP contribution in [0.3, 0.4) is 0 Å². The number of carbonyl (C=O) groups excluding carboxylic acids is 1. The van der Waals surface area contributed by atoms with E-state index in [0.717, 1.165) is 11.6 Å². The van der Waals surface area contributed by atoms with Gasteiger partial charge >= 0.3 is 6.36 Å². The van der Waals surface area contributed by atoms with Crippen molar-refractivity contribution in [1.82, 2.24) is 0 Å². The Hall–Kier alpha value is -1.04. The van der Waals surface area contributed by atoms with E-state index in [0.29, 0.717) is 17.3 Å². The molecule has 0 amide bonds. The zero-order valence-electron chi connectivity index (χ0n) is 9.68. The number of rotatable bonds is 5. The minimum Gasteiger partial charge on any atom is -0.406 e. The molecule has 0 aliphatic heterocycles. The highest BCUT2D eigenvalue weighted by Gasteiger charge is 2.31. The molecule has 0 aliphatic rings. The van der Waals surface area contributed by atoms with Gasteiger partial charge in [0, 0.05) is 17.3 Å². The zero-order chi connectivity index (χ0) is 13.8. The molecule has 0 N–H and O–H groups in total. The highest BCUT2D eigenvalue weighted by atomic mass is 79.9. The molecule has 100 valence electrons. The molecule has 18 heavy (non-hydrogen) atoms. The first-order chi connectivity index (χ1) is 8.37. The summed E-state index contributed by atoms with van der Waals surface area (Å²) in [5.41, 5.74) is 1.01. The van der Waals surface area contributed by atoms with E-state index in [-0.39, 0.29) is 18.0 Å². The molecule has 1 aromatic rings. The van der Waals surface area contributed by atoms with Gasteiger partial charge in [-0.25, -0.2) is 0 Å². The van der Waals surface area contributed by atoms with Crippen molar-refractivity contribution < 1.29 is 22.7 Å². The van der Waals surface area contributed by atoms with E-state index in [2.05, 4.69) is 20.7 Å². The Morgan fingerprint density at radius 2 is 2.06 bits per heavy atom. The standard InChI is InChI=1S/C12H12BrF3O2/c1-2-8-3-4-9(18-12(14,15)16)7-10(8)11(17)5-6-13/h3-4,7H,2,5-6H2,1H3. The van der Waals surface area contributed by atoms with Gasteiger partial charge in [-0.3, -0.25) is 4.79 Å². The van der Waals surface area contributed by atoms with E-state index < -0.39 is 6.36 Å². The summed E-state index contributed by atoms with van der Waals surface area (Å²) in [5, 5.41) is 0.472. The second-order valence-electron chi connectivity index (χ2n) is 3.58. The van der Waals surface area contributed by atoms with Crippen molar-refractivity contribution in [3.63, 3.8) is 0 Å². The largest absolute Gasteiger partial charge is 0.573 e. The Morgan fingerprint density at radius 1 is 1.39 bits per heavy atom. The maximum absolute atomic E-state index is 12.1. The number of halogens is 4. The van der Waals surface area contributed by atoms with E-state index in [4.69, 9.17) is 0 Å². The quantitative estimate of drug-likeness (QED) is 0.601. The molecule has 0 aromatic heterocycles. The van der Waals surface area contributed by atoms with Crippen LogP contribution in [-0.2, 0) is 6.42 Å². The summed E-state index contributed by atoms with van der Waals surface area (Å²) < 4.78 is 40.1. The van der Waals surface area contributed by atoms with Crippen LogP contribution in [0.15, 0.2) is 18.2 Å². The molecule has 0 saturated carbocycles. The Labute approximate surface area is 111 Å². The van der Waals surface area contributed by atoms with Crippen molar-refractivity contribution in [1.29, 1.82) is 0 Å². The van der Waals surface area contributed by atoms with E-state index in [1.54, 1.807) is 0 Å². The van der Waals surface area contributed by atoms with Crippen LogP contribution in [0.1, 0.15) is 29.3 Å². The second-order valence-corrected chi connectivity index (χ2v) is 4.38. The molecule has 0 unspecified atom stereocenters. The maximum atomic E-state index is 12.1. The summed E-state index contributed by atoms with van der Waals surface area (Å²) in [6, 6.07) is 3.86. The van der Waals surface area contributed by atoms with Gasteiger partial charge < -0.3 is 4.74 Å². The summed E-state index contributed by atoms with van der Waals surface area (Å²) in [4.78, 5) is 11.8. The minimum absolute atomic E-state index is 0.198. The molecule has 0 spiro atoms. The normalized spacial score (nSPS) is 11.4. The number of hydrogen-bond donors (Lipinski definition) is 0. The third-order valence-electron chi connectivity index (χ3n) is 2.32. The third kappa shape index (κ3) is 4.33. The number of Topliss-reactive ketones (excluding diaryl/α,β-unsaturated/α-hetero) is 1. The molecule has 0 aliphatic carbocycles. The second kappa shape index (κ2) is 6.22. The molecule has 1 aromatic carbocycles. The van der Waals surface area contributed by atoms with Gasteiger partial charge in [-0.1, -0.05) is 28.9 Å². The molecule has 0 radical (unpaired) electrons. The number of alkyl halides is 4. The van der Waals surface area contributed by atoms with Crippen molar-refractivity contribution in [2.24, 2.45) is 0 Å². The lowest BCUT2D eigenvalue weighted by molar-refractivity contribution is -0.274. The van der Waals surface area contributed by atoms with Crippen molar-refractivity contribution in [3.8, 4) is 5.75 Å². The lowest BCUT2D eigenvalue weighted by Crippen LogP contribution is -2.17. The van der Waals surface area contributed by atoms with Gasteiger partial charge in [0.15, 0.2) is 5.78 Å². The van der Waals surface area contributed by atoms with Gasteiger partial charge in [0.25, 0.3) is 0 Å². The van der Waals surface area contributed by atoms with Gasteiger partial charge in [0.2, 0.25) is 0 Å². The maximum Gasteiger partial charge on any atom is 0.573 e. The van der Waals surface area contributed by atoms with Crippen LogP contribution in [0, 0.1) is 0 Å². The number of carbonyl (C=O) groups is 1. The fraction of sp³-hybridized carbons (Fsp3) is 0.417. The number of ether oxygens (including phenoxy) is 1. The van der Waals surface area contributed by atoms with Crippen LogP contribution in [0.25, 0.3) is 0 Å². The van der Waals surface area contributed by atoms with E-state index in [9.17, 15) is 18.0 Å². The number of benzene rings is 1. The Balaban J connectivity index is 3.05. The van der Waals surface area contributed by atoms with Crippen molar-refractivity contribution in [2.75, 3.05) is 5.33 Å². The Bertz CT molecular complexity index is 430. The highest BCUT2D eigenvalue weighted by Crippen LogP contribution is 2.26. The van der Waals surface area contributed by atoms with Gasteiger partial charge in [-0.05, 0) is 24.1 Å². The van der Waals surface area contributed by atoms with Crippen LogP contribution < -0.4 is 4.74 Å². The Morgan fingerprint density at radius 3 is 2.56 bits per heavy atom. The molecule has 1 rings (SSSR count). The summed E-state index contributed by atoms with van der Waals surface area (Å²) >= 11 is 3.13. The first-order valence-electron chi connectivity index (χ1n) is 5.35. The van der Waals surface area contributed by atoms with Crippen molar-refractivity contribution in [3.05, 3.63) is 29.3 Å². The van der Waals surface area contributed by atoms with Crippen LogP contribution in [-0.4, -0.2) is 17.5 Å². The van der Waals surface area contributed by atoms with E-state index in [1.165, 1.54) is 12.1 Å². The molecule has 0 saturated heterocycles. The first kappa shape index (κ1) is 15.0. The van der Waals surface area contributed by atoms with Crippen LogP contribution >= 0.6 is 15.9 Å². The molecule has 2 nitrogen and oxygen atoms in total. The Kier molecular flexibility index (Phi) is 5.19.